The second kappa shape index (κ2) is 7.57. The van der Waals surface area contributed by atoms with Gasteiger partial charge in [-0.1, -0.05) is 35.9 Å². The summed E-state index contributed by atoms with van der Waals surface area (Å²) in [6.45, 7) is 3.99. The van der Waals surface area contributed by atoms with E-state index in [1.165, 1.54) is 5.56 Å². The summed E-state index contributed by atoms with van der Waals surface area (Å²) >= 11 is 3.54. The standard InChI is InChI=1S/C18H16BrN3.ClH/c1-12-6-5-7-14(10-12)17-11-18(21-13(2)20-17)22-16-9-4-3-8-15(16)19;/h3-11H,1-2H3,(H,20,21,22);1H. The van der Waals surface area contributed by atoms with E-state index in [2.05, 4.69) is 56.3 Å². The number of anilines is 2. The molecule has 1 heterocycles. The summed E-state index contributed by atoms with van der Waals surface area (Å²) in [5.74, 6) is 1.53. The van der Waals surface area contributed by atoms with Crippen molar-refractivity contribution in [2.24, 2.45) is 0 Å². The van der Waals surface area contributed by atoms with Gasteiger partial charge in [0, 0.05) is 16.1 Å². The Morgan fingerprint density at radius 1 is 0.913 bits per heavy atom. The normalized spacial score (nSPS) is 10.0. The fourth-order valence-corrected chi connectivity index (χ4v) is 2.67. The molecular formula is C18H17BrClN3. The van der Waals surface area contributed by atoms with Gasteiger partial charge < -0.3 is 5.32 Å². The van der Waals surface area contributed by atoms with E-state index in [4.69, 9.17) is 0 Å². The van der Waals surface area contributed by atoms with Crippen LogP contribution in [-0.2, 0) is 0 Å². The van der Waals surface area contributed by atoms with E-state index in [1.807, 2.05) is 43.3 Å². The smallest absolute Gasteiger partial charge is 0.134 e. The Kier molecular flexibility index (Phi) is 5.74. The van der Waals surface area contributed by atoms with Crippen LogP contribution in [-0.4, -0.2) is 9.97 Å². The van der Waals surface area contributed by atoms with Gasteiger partial charge in [0.2, 0.25) is 0 Å². The Morgan fingerprint density at radius 3 is 2.43 bits per heavy atom. The second-order valence-corrected chi connectivity index (χ2v) is 6.01. The Balaban J connectivity index is 0.00000192. The molecule has 2 aromatic carbocycles. The SMILES string of the molecule is Cc1cccc(-c2cc(Nc3ccccc3Br)nc(C)n2)c1.Cl. The Hall–Kier alpha value is -1.91. The maximum Gasteiger partial charge on any atom is 0.134 e. The lowest BCUT2D eigenvalue weighted by Gasteiger charge is -2.10. The molecule has 0 unspecified atom stereocenters. The van der Waals surface area contributed by atoms with Gasteiger partial charge in [0.05, 0.1) is 11.4 Å². The molecule has 1 aromatic heterocycles. The van der Waals surface area contributed by atoms with Gasteiger partial charge in [-0.3, -0.25) is 0 Å². The highest BCUT2D eigenvalue weighted by molar-refractivity contribution is 9.10. The quantitative estimate of drug-likeness (QED) is 0.624. The zero-order valence-corrected chi connectivity index (χ0v) is 15.3. The molecule has 0 amide bonds. The first kappa shape index (κ1) is 17.4. The molecule has 0 bridgehead atoms. The molecule has 118 valence electrons. The summed E-state index contributed by atoms with van der Waals surface area (Å²) in [6.07, 6.45) is 0. The minimum Gasteiger partial charge on any atom is -0.339 e. The lowest BCUT2D eigenvalue weighted by atomic mass is 10.1. The van der Waals surface area contributed by atoms with E-state index in [-0.39, 0.29) is 12.4 Å². The van der Waals surface area contributed by atoms with Crippen molar-refractivity contribution in [3.05, 3.63) is 70.5 Å². The molecule has 23 heavy (non-hydrogen) atoms. The van der Waals surface area contributed by atoms with Crippen LogP contribution in [0.2, 0.25) is 0 Å². The van der Waals surface area contributed by atoms with Crippen LogP contribution in [0.4, 0.5) is 11.5 Å². The van der Waals surface area contributed by atoms with Gasteiger partial charge in [-0.05, 0) is 48.0 Å². The number of aryl methyl sites for hydroxylation is 2. The molecule has 3 aromatic rings. The third-order valence-corrected chi connectivity index (χ3v) is 3.98. The van der Waals surface area contributed by atoms with Crippen LogP contribution in [0.15, 0.2) is 59.1 Å². The predicted octanol–water partition coefficient (Wildman–Crippen LogP) is 5.69. The van der Waals surface area contributed by atoms with Crippen LogP contribution in [0.1, 0.15) is 11.4 Å². The Morgan fingerprint density at radius 2 is 1.70 bits per heavy atom. The van der Waals surface area contributed by atoms with Gasteiger partial charge in [0.25, 0.3) is 0 Å². The molecule has 0 atom stereocenters. The fourth-order valence-electron chi connectivity index (χ4n) is 2.28. The molecule has 0 saturated carbocycles. The summed E-state index contributed by atoms with van der Waals surface area (Å²) in [5, 5.41) is 3.34. The third-order valence-electron chi connectivity index (χ3n) is 3.29. The van der Waals surface area contributed by atoms with Crippen molar-refractivity contribution in [1.29, 1.82) is 0 Å². The average molecular weight is 391 g/mol. The molecule has 0 aliphatic carbocycles. The first-order valence-corrected chi connectivity index (χ1v) is 7.85. The Bertz CT molecular complexity index is 821. The van der Waals surface area contributed by atoms with Crippen molar-refractivity contribution in [2.75, 3.05) is 5.32 Å². The maximum absolute atomic E-state index is 4.55. The minimum atomic E-state index is 0. The highest BCUT2D eigenvalue weighted by atomic mass is 79.9. The highest BCUT2D eigenvalue weighted by Crippen LogP contribution is 2.26. The summed E-state index contributed by atoms with van der Waals surface area (Å²) in [7, 11) is 0. The molecule has 0 saturated heterocycles. The van der Waals surface area contributed by atoms with Crippen LogP contribution >= 0.6 is 28.3 Å². The summed E-state index contributed by atoms with van der Waals surface area (Å²) in [4.78, 5) is 9.02. The summed E-state index contributed by atoms with van der Waals surface area (Å²) < 4.78 is 1.00. The number of hydrogen-bond donors (Lipinski definition) is 1. The van der Waals surface area contributed by atoms with Gasteiger partial charge >= 0.3 is 0 Å². The van der Waals surface area contributed by atoms with Crippen LogP contribution in [0.25, 0.3) is 11.3 Å². The topological polar surface area (TPSA) is 37.8 Å². The van der Waals surface area contributed by atoms with Crippen molar-refractivity contribution >= 4 is 39.8 Å². The van der Waals surface area contributed by atoms with Crippen molar-refractivity contribution < 1.29 is 0 Å². The molecule has 0 spiro atoms. The summed E-state index contributed by atoms with van der Waals surface area (Å²) in [6, 6.07) is 18.3. The molecule has 5 heteroatoms. The van der Waals surface area contributed by atoms with Crippen LogP contribution in [0.5, 0.6) is 0 Å². The molecular weight excluding hydrogens is 374 g/mol. The van der Waals surface area contributed by atoms with Crippen LogP contribution < -0.4 is 5.32 Å². The lowest BCUT2D eigenvalue weighted by Crippen LogP contribution is -1.99. The van der Waals surface area contributed by atoms with Crippen LogP contribution in [0, 0.1) is 13.8 Å². The highest BCUT2D eigenvalue weighted by Gasteiger charge is 2.06. The zero-order valence-electron chi connectivity index (χ0n) is 12.9. The van der Waals surface area contributed by atoms with E-state index in [9.17, 15) is 0 Å². The largest absolute Gasteiger partial charge is 0.339 e. The number of nitrogens with one attached hydrogen (secondary N) is 1. The predicted molar refractivity (Wildman–Crippen MR) is 102 cm³/mol. The number of benzene rings is 2. The van der Waals surface area contributed by atoms with E-state index in [1.54, 1.807) is 0 Å². The van der Waals surface area contributed by atoms with Crippen molar-refractivity contribution in [3.8, 4) is 11.3 Å². The number of halogens is 2. The van der Waals surface area contributed by atoms with Gasteiger partial charge in [-0.25, -0.2) is 9.97 Å². The van der Waals surface area contributed by atoms with Gasteiger partial charge in [-0.2, -0.15) is 0 Å². The van der Waals surface area contributed by atoms with E-state index >= 15 is 0 Å². The third kappa shape index (κ3) is 4.30. The van der Waals surface area contributed by atoms with Crippen molar-refractivity contribution in [2.45, 2.75) is 13.8 Å². The van der Waals surface area contributed by atoms with Gasteiger partial charge in [0.15, 0.2) is 0 Å². The lowest BCUT2D eigenvalue weighted by molar-refractivity contribution is 1.06. The first-order chi connectivity index (χ1) is 10.6. The second-order valence-electron chi connectivity index (χ2n) is 5.16. The first-order valence-electron chi connectivity index (χ1n) is 7.06. The fraction of sp³-hybridized carbons (Fsp3) is 0.111. The van der Waals surface area contributed by atoms with E-state index in [0.29, 0.717) is 0 Å². The molecule has 0 aliphatic heterocycles. The molecule has 3 nitrogen and oxygen atoms in total. The number of rotatable bonds is 3. The van der Waals surface area contributed by atoms with Gasteiger partial charge in [0.1, 0.15) is 11.6 Å². The molecule has 0 fully saturated rings. The zero-order chi connectivity index (χ0) is 15.5. The molecule has 1 N–H and O–H groups in total. The van der Waals surface area contributed by atoms with Gasteiger partial charge in [-0.15, -0.1) is 12.4 Å². The number of para-hydroxylation sites is 1. The molecule has 0 radical (unpaired) electrons. The maximum atomic E-state index is 4.55. The number of aromatic nitrogens is 2. The molecule has 3 rings (SSSR count). The minimum absolute atomic E-state index is 0. The number of nitrogens with zero attached hydrogens (tertiary/aromatic N) is 2. The van der Waals surface area contributed by atoms with Crippen molar-refractivity contribution in [3.63, 3.8) is 0 Å². The molecule has 0 aliphatic rings. The van der Waals surface area contributed by atoms with Crippen molar-refractivity contribution in [1.82, 2.24) is 9.97 Å². The monoisotopic (exact) mass is 389 g/mol. The number of hydrogen-bond acceptors (Lipinski definition) is 3. The van der Waals surface area contributed by atoms with E-state index in [0.717, 1.165) is 33.1 Å². The average Bonchev–Trinajstić information content (AvgIpc) is 2.49. The van der Waals surface area contributed by atoms with E-state index < -0.39 is 0 Å². The Labute approximate surface area is 150 Å². The van der Waals surface area contributed by atoms with Crippen LogP contribution in [0.3, 0.4) is 0 Å². The summed E-state index contributed by atoms with van der Waals surface area (Å²) in [5.41, 5.74) is 4.22.